The molecule has 0 radical (unpaired) electrons. The first-order valence-electron chi connectivity index (χ1n) is 8.38. The first-order valence-corrected chi connectivity index (χ1v) is 9.26. The topological polar surface area (TPSA) is 61.4 Å². The SMILES string of the molecule is CCN1CCC(N(CC)C(=O)c2csc(Nc3ccccn3)n2)C1. The number of nitrogens with zero attached hydrogens (tertiary/aromatic N) is 4. The largest absolute Gasteiger partial charge is 0.333 e. The van der Waals surface area contributed by atoms with Gasteiger partial charge in [-0.25, -0.2) is 9.97 Å². The van der Waals surface area contributed by atoms with Crippen LogP contribution in [-0.2, 0) is 0 Å². The standard InChI is InChI=1S/C17H23N5OS/c1-3-21-10-8-13(11-21)22(4-2)16(23)14-12-24-17(19-14)20-15-7-5-6-9-18-15/h5-7,9,12-13H,3-4,8,10-11H2,1-2H3,(H,18,19,20). The lowest BCUT2D eigenvalue weighted by Crippen LogP contribution is -2.42. The second kappa shape index (κ2) is 7.72. The Hall–Kier alpha value is -1.99. The number of aromatic nitrogens is 2. The van der Waals surface area contributed by atoms with Crippen molar-refractivity contribution in [3.05, 3.63) is 35.5 Å². The first-order chi connectivity index (χ1) is 11.7. The number of thiazole rings is 1. The molecular formula is C17H23N5OS. The zero-order chi connectivity index (χ0) is 16.9. The van der Waals surface area contributed by atoms with Crippen LogP contribution in [0.5, 0.6) is 0 Å². The van der Waals surface area contributed by atoms with E-state index in [9.17, 15) is 4.79 Å². The Morgan fingerprint density at radius 1 is 1.46 bits per heavy atom. The number of hydrogen-bond donors (Lipinski definition) is 1. The molecule has 6 nitrogen and oxygen atoms in total. The van der Waals surface area contributed by atoms with Crippen molar-refractivity contribution in [2.24, 2.45) is 0 Å². The quantitative estimate of drug-likeness (QED) is 0.872. The molecule has 1 amide bonds. The average molecular weight is 345 g/mol. The lowest BCUT2D eigenvalue weighted by atomic mass is 10.2. The molecule has 1 aliphatic rings. The van der Waals surface area contributed by atoms with Gasteiger partial charge in [-0.05, 0) is 32.0 Å². The normalized spacial score (nSPS) is 17.8. The highest BCUT2D eigenvalue weighted by atomic mass is 32.1. The fraction of sp³-hybridized carbons (Fsp3) is 0.471. The van der Waals surface area contributed by atoms with Crippen molar-refractivity contribution in [2.45, 2.75) is 26.3 Å². The first kappa shape index (κ1) is 16.9. The van der Waals surface area contributed by atoms with E-state index in [1.54, 1.807) is 6.20 Å². The van der Waals surface area contributed by atoms with E-state index >= 15 is 0 Å². The Morgan fingerprint density at radius 3 is 3.00 bits per heavy atom. The van der Waals surface area contributed by atoms with Crippen molar-refractivity contribution in [3.8, 4) is 0 Å². The Bertz CT molecular complexity index is 675. The van der Waals surface area contributed by atoms with Gasteiger partial charge in [0.2, 0.25) is 0 Å². The number of carbonyl (C=O) groups excluding carboxylic acids is 1. The molecule has 2 aromatic heterocycles. The third-order valence-corrected chi connectivity index (χ3v) is 5.12. The maximum atomic E-state index is 12.8. The van der Waals surface area contributed by atoms with E-state index in [1.165, 1.54) is 11.3 Å². The second-order valence-corrected chi connectivity index (χ2v) is 6.66. The summed E-state index contributed by atoms with van der Waals surface area (Å²) in [6, 6.07) is 5.94. The number of likely N-dealkylation sites (tertiary alicyclic amines) is 1. The molecule has 0 aliphatic carbocycles. The summed E-state index contributed by atoms with van der Waals surface area (Å²) in [5.74, 6) is 0.748. The number of pyridine rings is 1. The molecule has 1 unspecified atom stereocenters. The second-order valence-electron chi connectivity index (χ2n) is 5.80. The van der Waals surface area contributed by atoms with Gasteiger partial charge in [0, 0.05) is 37.3 Å². The molecule has 7 heteroatoms. The summed E-state index contributed by atoms with van der Waals surface area (Å²) in [6.07, 6.45) is 2.76. The highest BCUT2D eigenvalue weighted by molar-refractivity contribution is 7.14. The average Bonchev–Trinajstić information content (AvgIpc) is 3.26. The van der Waals surface area contributed by atoms with Gasteiger partial charge in [-0.1, -0.05) is 13.0 Å². The van der Waals surface area contributed by atoms with Crippen LogP contribution in [0.3, 0.4) is 0 Å². The Morgan fingerprint density at radius 2 is 2.33 bits per heavy atom. The van der Waals surface area contributed by atoms with Crippen LogP contribution in [0.2, 0.25) is 0 Å². The van der Waals surface area contributed by atoms with E-state index in [-0.39, 0.29) is 11.9 Å². The third-order valence-electron chi connectivity index (χ3n) is 4.36. The van der Waals surface area contributed by atoms with E-state index in [0.717, 1.165) is 31.9 Å². The highest BCUT2D eigenvalue weighted by Crippen LogP contribution is 2.22. The molecule has 0 aromatic carbocycles. The molecule has 3 heterocycles. The van der Waals surface area contributed by atoms with Crippen LogP contribution >= 0.6 is 11.3 Å². The smallest absolute Gasteiger partial charge is 0.273 e. The highest BCUT2D eigenvalue weighted by Gasteiger charge is 2.30. The number of likely N-dealkylation sites (N-methyl/N-ethyl adjacent to an activating group) is 2. The molecule has 0 spiro atoms. The summed E-state index contributed by atoms with van der Waals surface area (Å²) in [5.41, 5.74) is 0.509. The van der Waals surface area contributed by atoms with Gasteiger partial charge in [0.15, 0.2) is 5.13 Å². The summed E-state index contributed by atoms with van der Waals surface area (Å²) in [7, 11) is 0. The zero-order valence-electron chi connectivity index (χ0n) is 14.1. The number of rotatable bonds is 6. The number of carbonyl (C=O) groups is 1. The van der Waals surface area contributed by atoms with Crippen molar-refractivity contribution < 1.29 is 4.79 Å². The predicted molar refractivity (Wildman–Crippen MR) is 96.9 cm³/mol. The van der Waals surface area contributed by atoms with Crippen LogP contribution < -0.4 is 5.32 Å². The van der Waals surface area contributed by atoms with E-state index in [2.05, 4.69) is 27.1 Å². The van der Waals surface area contributed by atoms with E-state index in [1.807, 2.05) is 35.4 Å². The molecule has 1 fully saturated rings. The van der Waals surface area contributed by atoms with Crippen LogP contribution in [0.25, 0.3) is 0 Å². The number of nitrogens with one attached hydrogen (secondary N) is 1. The van der Waals surface area contributed by atoms with Gasteiger partial charge in [-0.3, -0.25) is 4.79 Å². The predicted octanol–water partition coefficient (Wildman–Crippen LogP) is 2.84. The monoisotopic (exact) mass is 345 g/mol. The van der Waals surface area contributed by atoms with Crippen molar-refractivity contribution in [3.63, 3.8) is 0 Å². The third kappa shape index (κ3) is 3.73. The van der Waals surface area contributed by atoms with Crippen LogP contribution in [0.1, 0.15) is 30.8 Å². The molecule has 1 atom stereocenters. The van der Waals surface area contributed by atoms with Crippen LogP contribution in [0, 0.1) is 0 Å². The Balaban J connectivity index is 1.68. The number of hydrogen-bond acceptors (Lipinski definition) is 6. The summed E-state index contributed by atoms with van der Waals surface area (Å²) in [4.78, 5) is 25.8. The molecule has 1 N–H and O–H groups in total. The lowest BCUT2D eigenvalue weighted by Gasteiger charge is -2.27. The van der Waals surface area contributed by atoms with Gasteiger partial charge in [0.05, 0.1) is 0 Å². The zero-order valence-corrected chi connectivity index (χ0v) is 14.9. The fourth-order valence-corrected chi connectivity index (χ4v) is 3.74. The van der Waals surface area contributed by atoms with Crippen molar-refractivity contribution in [1.29, 1.82) is 0 Å². The van der Waals surface area contributed by atoms with Crippen molar-refractivity contribution >= 4 is 28.2 Å². The fourth-order valence-electron chi connectivity index (χ4n) is 3.04. The summed E-state index contributed by atoms with van der Waals surface area (Å²) >= 11 is 1.43. The van der Waals surface area contributed by atoms with E-state index in [0.29, 0.717) is 17.4 Å². The summed E-state index contributed by atoms with van der Waals surface area (Å²) in [6.45, 7) is 7.97. The Kier molecular flexibility index (Phi) is 5.42. The van der Waals surface area contributed by atoms with Crippen molar-refractivity contribution in [1.82, 2.24) is 19.8 Å². The molecule has 3 rings (SSSR count). The Labute approximate surface area is 146 Å². The van der Waals surface area contributed by atoms with Crippen LogP contribution in [-0.4, -0.2) is 57.9 Å². The van der Waals surface area contributed by atoms with Gasteiger partial charge >= 0.3 is 0 Å². The molecular weight excluding hydrogens is 322 g/mol. The summed E-state index contributed by atoms with van der Waals surface area (Å²) < 4.78 is 0. The molecule has 24 heavy (non-hydrogen) atoms. The minimum absolute atomic E-state index is 0.0192. The van der Waals surface area contributed by atoms with Gasteiger partial charge in [0.25, 0.3) is 5.91 Å². The van der Waals surface area contributed by atoms with Crippen molar-refractivity contribution in [2.75, 3.05) is 31.5 Å². The lowest BCUT2D eigenvalue weighted by molar-refractivity contribution is 0.0689. The molecule has 128 valence electrons. The molecule has 0 bridgehead atoms. The van der Waals surface area contributed by atoms with E-state index in [4.69, 9.17) is 0 Å². The van der Waals surface area contributed by atoms with Gasteiger partial charge in [0.1, 0.15) is 11.5 Å². The molecule has 1 saturated heterocycles. The maximum absolute atomic E-state index is 12.8. The minimum atomic E-state index is 0.0192. The van der Waals surface area contributed by atoms with E-state index < -0.39 is 0 Å². The molecule has 1 aliphatic heterocycles. The number of amides is 1. The van der Waals surface area contributed by atoms with Crippen LogP contribution in [0.4, 0.5) is 10.9 Å². The summed E-state index contributed by atoms with van der Waals surface area (Å²) in [5, 5.41) is 5.65. The molecule has 0 saturated carbocycles. The van der Waals surface area contributed by atoms with Gasteiger partial charge in [-0.2, -0.15) is 0 Å². The maximum Gasteiger partial charge on any atom is 0.273 e. The minimum Gasteiger partial charge on any atom is -0.333 e. The van der Waals surface area contributed by atoms with Crippen LogP contribution in [0.15, 0.2) is 29.8 Å². The van der Waals surface area contributed by atoms with Gasteiger partial charge in [-0.15, -0.1) is 11.3 Å². The van der Waals surface area contributed by atoms with Gasteiger partial charge < -0.3 is 15.1 Å². The molecule has 2 aromatic rings. The number of anilines is 2.